The summed E-state index contributed by atoms with van der Waals surface area (Å²) in [5.74, 6) is 1.11. The maximum absolute atomic E-state index is 13.4. The van der Waals surface area contributed by atoms with Gasteiger partial charge in [0.05, 0.1) is 42.1 Å². The van der Waals surface area contributed by atoms with Crippen LogP contribution in [0.5, 0.6) is 11.5 Å². The summed E-state index contributed by atoms with van der Waals surface area (Å²) in [6, 6.07) is 7.14. The molecule has 0 saturated heterocycles. The highest BCUT2D eigenvalue weighted by Gasteiger charge is 2.25. The summed E-state index contributed by atoms with van der Waals surface area (Å²) in [5, 5.41) is 8.44. The molecule has 0 aliphatic rings. The predicted molar refractivity (Wildman–Crippen MR) is 119 cm³/mol. The molecular weight excluding hydrogens is 380 g/mol. The first-order valence-electron chi connectivity index (χ1n) is 10.0. The number of amides is 1. The van der Waals surface area contributed by atoms with Crippen molar-refractivity contribution < 1.29 is 14.3 Å². The van der Waals surface area contributed by atoms with Crippen LogP contribution in [0.25, 0.3) is 11.0 Å². The van der Waals surface area contributed by atoms with Crippen molar-refractivity contribution in [1.82, 2.24) is 14.8 Å². The number of nitrogens with zero attached hydrogens (tertiary/aromatic N) is 3. The number of carbonyl (C=O) groups is 1. The average Bonchev–Trinajstić information content (AvgIpc) is 3.04. The van der Waals surface area contributed by atoms with Crippen molar-refractivity contribution in [2.75, 3.05) is 19.5 Å². The summed E-state index contributed by atoms with van der Waals surface area (Å²) in [5.41, 5.74) is 3.20. The molecule has 0 radical (unpaired) electrons. The van der Waals surface area contributed by atoms with Crippen molar-refractivity contribution in [2.24, 2.45) is 0 Å². The van der Waals surface area contributed by atoms with Crippen LogP contribution in [0.4, 0.5) is 5.69 Å². The first-order valence-corrected chi connectivity index (χ1v) is 10.0. The molecule has 3 rings (SSSR count). The van der Waals surface area contributed by atoms with Gasteiger partial charge in [0, 0.05) is 11.8 Å². The molecule has 30 heavy (non-hydrogen) atoms. The van der Waals surface area contributed by atoms with Crippen LogP contribution in [-0.4, -0.2) is 34.9 Å². The first kappa shape index (κ1) is 21.6. The highest BCUT2D eigenvalue weighted by atomic mass is 16.5. The van der Waals surface area contributed by atoms with Crippen LogP contribution in [0.1, 0.15) is 62.3 Å². The van der Waals surface area contributed by atoms with E-state index >= 15 is 0 Å². The summed E-state index contributed by atoms with van der Waals surface area (Å²) in [4.78, 5) is 18.2. The number of aromatic nitrogens is 3. The van der Waals surface area contributed by atoms with Gasteiger partial charge in [0.2, 0.25) is 0 Å². The van der Waals surface area contributed by atoms with Crippen LogP contribution >= 0.6 is 0 Å². The molecule has 0 atom stereocenters. The van der Waals surface area contributed by atoms with Crippen molar-refractivity contribution in [1.29, 1.82) is 0 Å². The molecule has 160 valence electrons. The number of anilines is 1. The number of ether oxygens (including phenoxy) is 2. The number of rotatable bonds is 5. The van der Waals surface area contributed by atoms with E-state index in [1.54, 1.807) is 32.4 Å². The Bertz CT molecular complexity index is 1090. The van der Waals surface area contributed by atoms with E-state index < -0.39 is 0 Å². The molecule has 2 heterocycles. The zero-order valence-corrected chi connectivity index (χ0v) is 19.0. The molecule has 7 heteroatoms. The minimum absolute atomic E-state index is 0.167. The average molecular weight is 411 g/mol. The van der Waals surface area contributed by atoms with E-state index in [4.69, 9.17) is 19.6 Å². The maximum Gasteiger partial charge on any atom is 0.256 e. The molecule has 1 aromatic carbocycles. The molecule has 7 nitrogen and oxygen atoms in total. The Morgan fingerprint density at radius 3 is 2.40 bits per heavy atom. The smallest absolute Gasteiger partial charge is 0.256 e. The molecule has 0 spiro atoms. The van der Waals surface area contributed by atoms with Crippen LogP contribution in [0.15, 0.2) is 24.3 Å². The Labute approximate surface area is 177 Å². The second kappa shape index (κ2) is 7.97. The third kappa shape index (κ3) is 3.97. The van der Waals surface area contributed by atoms with Gasteiger partial charge in [-0.3, -0.25) is 4.79 Å². The van der Waals surface area contributed by atoms with Crippen molar-refractivity contribution in [3.05, 3.63) is 41.2 Å². The second-order valence-electron chi connectivity index (χ2n) is 8.64. The topological polar surface area (TPSA) is 78.3 Å². The van der Waals surface area contributed by atoms with E-state index in [9.17, 15) is 4.79 Å². The van der Waals surface area contributed by atoms with Crippen LogP contribution in [-0.2, 0) is 5.54 Å². The molecule has 0 aliphatic heterocycles. The number of pyridine rings is 1. The summed E-state index contributed by atoms with van der Waals surface area (Å²) < 4.78 is 12.6. The van der Waals surface area contributed by atoms with Gasteiger partial charge in [-0.05, 0) is 51.8 Å². The van der Waals surface area contributed by atoms with Crippen molar-refractivity contribution in [3.63, 3.8) is 0 Å². The van der Waals surface area contributed by atoms with Crippen LogP contribution < -0.4 is 14.8 Å². The van der Waals surface area contributed by atoms with Crippen LogP contribution in [0.2, 0.25) is 0 Å². The van der Waals surface area contributed by atoms with E-state index in [1.165, 1.54) is 0 Å². The van der Waals surface area contributed by atoms with Gasteiger partial charge in [0.25, 0.3) is 5.91 Å². The largest absolute Gasteiger partial charge is 0.497 e. The zero-order chi connectivity index (χ0) is 22.2. The third-order valence-corrected chi connectivity index (χ3v) is 4.96. The Hall–Kier alpha value is -3.09. The minimum atomic E-state index is -0.262. The van der Waals surface area contributed by atoms with Gasteiger partial charge in [-0.2, -0.15) is 5.10 Å². The Morgan fingerprint density at radius 2 is 1.83 bits per heavy atom. The lowest BCUT2D eigenvalue weighted by Crippen LogP contribution is -2.24. The van der Waals surface area contributed by atoms with Gasteiger partial charge in [-0.15, -0.1) is 0 Å². The summed E-state index contributed by atoms with van der Waals surface area (Å²) in [6.45, 7) is 12.3. The molecule has 1 amide bonds. The van der Waals surface area contributed by atoms with E-state index in [1.807, 2.05) is 17.7 Å². The number of hydrogen-bond donors (Lipinski definition) is 1. The number of methoxy groups -OCH3 is 2. The fourth-order valence-electron chi connectivity index (χ4n) is 3.34. The molecule has 0 aliphatic carbocycles. The molecule has 3 aromatic rings. The Kier molecular flexibility index (Phi) is 5.74. The molecule has 0 saturated carbocycles. The highest BCUT2D eigenvalue weighted by Crippen LogP contribution is 2.32. The summed E-state index contributed by atoms with van der Waals surface area (Å²) >= 11 is 0. The Morgan fingerprint density at radius 1 is 1.13 bits per heavy atom. The van der Waals surface area contributed by atoms with E-state index in [-0.39, 0.29) is 17.4 Å². The summed E-state index contributed by atoms with van der Waals surface area (Å²) in [6.07, 6.45) is 0. The molecular formula is C23H30N4O3. The molecule has 0 unspecified atom stereocenters. The van der Waals surface area contributed by atoms with Crippen molar-refractivity contribution in [2.45, 2.75) is 53.0 Å². The lowest BCUT2D eigenvalue weighted by Gasteiger charge is -2.20. The van der Waals surface area contributed by atoms with E-state index in [0.717, 1.165) is 22.4 Å². The van der Waals surface area contributed by atoms with E-state index in [2.05, 4.69) is 39.9 Å². The molecule has 1 N–H and O–H groups in total. The normalized spacial score (nSPS) is 11.8. The van der Waals surface area contributed by atoms with Gasteiger partial charge < -0.3 is 14.8 Å². The summed E-state index contributed by atoms with van der Waals surface area (Å²) in [7, 11) is 3.15. The molecule has 2 aromatic heterocycles. The van der Waals surface area contributed by atoms with Gasteiger partial charge in [0.15, 0.2) is 5.65 Å². The third-order valence-electron chi connectivity index (χ3n) is 4.96. The number of nitrogens with one attached hydrogen (secondary N) is 1. The van der Waals surface area contributed by atoms with Gasteiger partial charge in [-0.1, -0.05) is 13.8 Å². The minimum Gasteiger partial charge on any atom is -0.497 e. The predicted octanol–water partition coefficient (Wildman–Crippen LogP) is 4.89. The Balaban J connectivity index is 2.15. The van der Waals surface area contributed by atoms with E-state index in [0.29, 0.717) is 22.7 Å². The zero-order valence-electron chi connectivity index (χ0n) is 19.0. The van der Waals surface area contributed by atoms with Crippen LogP contribution in [0, 0.1) is 6.92 Å². The first-order chi connectivity index (χ1) is 14.1. The lowest BCUT2D eigenvalue weighted by molar-refractivity contribution is 0.102. The fourth-order valence-corrected chi connectivity index (χ4v) is 3.34. The number of aryl methyl sites for hydroxylation is 1. The standard InChI is InChI=1S/C23H30N4O3/c1-13(2)18-12-16(20-14(3)26-27(21(20)24-18)23(4,5)6)22(28)25-17-10-9-15(29-7)11-19(17)30-8/h9-13H,1-8H3,(H,25,28). The molecule has 0 bridgehead atoms. The number of hydrogen-bond acceptors (Lipinski definition) is 5. The van der Waals surface area contributed by atoms with Gasteiger partial charge >= 0.3 is 0 Å². The van der Waals surface area contributed by atoms with Gasteiger partial charge in [0.1, 0.15) is 11.5 Å². The maximum atomic E-state index is 13.4. The second-order valence-corrected chi connectivity index (χ2v) is 8.64. The van der Waals surface area contributed by atoms with Crippen LogP contribution in [0.3, 0.4) is 0 Å². The highest BCUT2D eigenvalue weighted by molar-refractivity contribution is 6.13. The van der Waals surface area contributed by atoms with Crippen molar-refractivity contribution in [3.8, 4) is 11.5 Å². The number of carbonyl (C=O) groups excluding carboxylic acids is 1. The quantitative estimate of drug-likeness (QED) is 0.648. The number of benzene rings is 1. The lowest BCUT2D eigenvalue weighted by atomic mass is 10.0. The monoisotopic (exact) mass is 410 g/mol. The molecule has 0 fully saturated rings. The SMILES string of the molecule is COc1ccc(NC(=O)c2cc(C(C)C)nc3c2c(C)nn3C(C)(C)C)c(OC)c1. The fraction of sp³-hybridized carbons (Fsp3) is 0.435. The van der Waals surface area contributed by atoms with Crippen molar-refractivity contribution >= 4 is 22.6 Å². The number of fused-ring (bicyclic) bond motifs is 1. The van der Waals surface area contributed by atoms with Gasteiger partial charge in [-0.25, -0.2) is 9.67 Å².